The highest BCUT2D eigenvalue weighted by Crippen LogP contribution is 2.10. The summed E-state index contributed by atoms with van der Waals surface area (Å²) >= 11 is 4.80. The molecule has 0 aromatic carbocycles. The molecule has 0 bridgehead atoms. The molecule has 0 spiro atoms. The molecular weight excluding hydrogens is 308 g/mol. The Bertz CT molecular complexity index is 1020. The summed E-state index contributed by atoms with van der Waals surface area (Å²) in [6.07, 6.45) is 3.64. The monoisotopic (exact) mass is 320 g/mol. The number of nitrogens with two attached hydrogens (primary N) is 1. The van der Waals surface area contributed by atoms with Crippen LogP contribution in [0.5, 0.6) is 0 Å². The summed E-state index contributed by atoms with van der Waals surface area (Å²) in [6.45, 7) is 0. The molecule has 4 N–H and O–H groups in total. The number of H-pyrrole nitrogens is 2. The van der Waals surface area contributed by atoms with Crippen molar-refractivity contribution in [3.8, 4) is 6.07 Å². The van der Waals surface area contributed by atoms with E-state index in [9.17, 15) is 0 Å². The summed E-state index contributed by atoms with van der Waals surface area (Å²) in [6, 6.07) is 13.2. The molecule has 0 atom stereocenters. The van der Waals surface area contributed by atoms with Crippen molar-refractivity contribution in [1.82, 2.24) is 19.9 Å². The van der Waals surface area contributed by atoms with Crippen molar-refractivity contribution in [2.75, 3.05) is 0 Å². The molecule has 23 heavy (non-hydrogen) atoms. The Morgan fingerprint density at radius 3 is 2.17 bits per heavy atom. The maximum Gasteiger partial charge on any atom is 0.142 e. The topological polar surface area (TPSA) is 107 Å². The first-order valence-corrected chi connectivity index (χ1v) is 7.16. The number of hydrogen-bond acceptors (Lipinski definition) is 4. The van der Waals surface area contributed by atoms with Crippen molar-refractivity contribution in [2.45, 2.75) is 0 Å². The first-order chi connectivity index (χ1) is 11.2. The van der Waals surface area contributed by atoms with Crippen LogP contribution < -0.4 is 5.73 Å². The van der Waals surface area contributed by atoms with E-state index >= 15 is 0 Å². The van der Waals surface area contributed by atoms with Crippen LogP contribution >= 0.6 is 12.2 Å². The van der Waals surface area contributed by atoms with Crippen LogP contribution in [0.2, 0.25) is 0 Å². The van der Waals surface area contributed by atoms with Crippen molar-refractivity contribution in [1.29, 1.82) is 5.26 Å². The SMILES string of the molecule is N#Cc1ccc2cc[nH]c2n1.NC(=S)c1ccc2cc[nH]c2n1. The number of thiocarbonyl (C=S) groups is 1. The van der Waals surface area contributed by atoms with Crippen molar-refractivity contribution in [3.05, 3.63) is 60.2 Å². The minimum absolute atomic E-state index is 0.325. The third kappa shape index (κ3) is 3.17. The first-order valence-electron chi connectivity index (χ1n) is 6.75. The number of fused-ring (bicyclic) bond motifs is 2. The standard InChI is InChI=1S/C8H7N3S.C8H5N3/c9-7(12)6-2-1-5-3-4-10-8(5)11-6;9-5-7-2-1-6-3-4-10-8(6)11-7/h1-4H,(H2,9,12)(H,10,11);1-4H,(H,10,11). The number of nitrogens with one attached hydrogen (secondary N) is 2. The van der Waals surface area contributed by atoms with E-state index in [-0.39, 0.29) is 0 Å². The van der Waals surface area contributed by atoms with Crippen molar-refractivity contribution in [3.63, 3.8) is 0 Å². The second kappa shape index (κ2) is 6.25. The Morgan fingerprint density at radius 2 is 1.57 bits per heavy atom. The van der Waals surface area contributed by atoms with Gasteiger partial charge in [0.1, 0.15) is 28.0 Å². The predicted octanol–water partition coefficient (Wildman–Crippen LogP) is 2.63. The zero-order chi connectivity index (χ0) is 16.2. The molecule has 4 aromatic heterocycles. The van der Waals surface area contributed by atoms with E-state index in [1.54, 1.807) is 12.3 Å². The average Bonchev–Trinajstić information content (AvgIpc) is 3.22. The molecule has 0 aliphatic carbocycles. The maximum atomic E-state index is 8.51. The van der Waals surface area contributed by atoms with E-state index in [2.05, 4.69) is 19.9 Å². The van der Waals surface area contributed by atoms with Gasteiger partial charge in [-0.05, 0) is 36.4 Å². The molecule has 0 fully saturated rings. The first kappa shape index (κ1) is 14.7. The van der Waals surface area contributed by atoms with Gasteiger partial charge in [0.15, 0.2) is 0 Å². The molecule has 0 saturated carbocycles. The number of hydrogen-bond donors (Lipinski definition) is 3. The average molecular weight is 320 g/mol. The van der Waals surface area contributed by atoms with Gasteiger partial charge in [-0.3, -0.25) is 0 Å². The molecule has 0 radical (unpaired) electrons. The number of nitrogens with zero attached hydrogens (tertiary/aromatic N) is 3. The fourth-order valence-corrected chi connectivity index (χ4v) is 2.17. The lowest BCUT2D eigenvalue weighted by molar-refractivity contribution is 1.28. The van der Waals surface area contributed by atoms with Crippen LogP contribution in [0.15, 0.2) is 48.8 Å². The van der Waals surface area contributed by atoms with Crippen molar-refractivity contribution < 1.29 is 0 Å². The summed E-state index contributed by atoms with van der Waals surface area (Å²) in [7, 11) is 0. The second-order valence-corrected chi connectivity index (χ2v) is 5.14. The molecule has 4 rings (SSSR count). The Kier molecular flexibility index (Phi) is 3.99. The molecule has 0 saturated heterocycles. The largest absolute Gasteiger partial charge is 0.388 e. The van der Waals surface area contributed by atoms with Crippen LogP contribution in [0.3, 0.4) is 0 Å². The maximum absolute atomic E-state index is 8.51. The van der Waals surface area contributed by atoms with Crippen LogP contribution in [-0.4, -0.2) is 24.9 Å². The number of aromatic amines is 2. The van der Waals surface area contributed by atoms with Gasteiger partial charge in [0.05, 0.1) is 5.69 Å². The van der Waals surface area contributed by atoms with Gasteiger partial charge in [0.25, 0.3) is 0 Å². The van der Waals surface area contributed by atoms with Gasteiger partial charge in [-0.25, -0.2) is 9.97 Å². The third-order valence-corrected chi connectivity index (χ3v) is 3.39. The van der Waals surface area contributed by atoms with Gasteiger partial charge in [-0.15, -0.1) is 0 Å². The highest BCUT2D eigenvalue weighted by molar-refractivity contribution is 7.80. The summed E-state index contributed by atoms with van der Waals surface area (Å²) < 4.78 is 0. The molecule has 0 aliphatic heterocycles. The minimum atomic E-state index is 0.325. The van der Waals surface area contributed by atoms with Crippen LogP contribution in [0.1, 0.15) is 11.4 Å². The van der Waals surface area contributed by atoms with Crippen LogP contribution in [0.4, 0.5) is 0 Å². The van der Waals surface area contributed by atoms with Crippen LogP contribution in [0.25, 0.3) is 22.1 Å². The zero-order valence-electron chi connectivity index (χ0n) is 11.9. The van der Waals surface area contributed by atoms with Gasteiger partial charge in [0.2, 0.25) is 0 Å². The summed E-state index contributed by atoms with van der Waals surface area (Å²) in [5, 5.41) is 10.6. The lowest BCUT2D eigenvalue weighted by atomic mass is 10.3. The Hall–Kier alpha value is -3.24. The molecule has 112 valence electrons. The molecule has 6 nitrogen and oxygen atoms in total. The van der Waals surface area contributed by atoms with E-state index in [0.717, 1.165) is 22.1 Å². The number of aromatic nitrogens is 4. The number of rotatable bonds is 1. The second-order valence-electron chi connectivity index (χ2n) is 4.70. The highest BCUT2D eigenvalue weighted by Gasteiger charge is 2.00. The van der Waals surface area contributed by atoms with E-state index < -0.39 is 0 Å². The van der Waals surface area contributed by atoms with Gasteiger partial charge < -0.3 is 15.7 Å². The van der Waals surface area contributed by atoms with Gasteiger partial charge in [-0.1, -0.05) is 12.2 Å². The molecular formula is C16H12N6S. The van der Waals surface area contributed by atoms with E-state index in [1.165, 1.54) is 0 Å². The zero-order valence-corrected chi connectivity index (χ0v) is 12.8. The molecule has 7 heteroatoms. The van der Waals surface area contributed by atoms with Crippen molar-refractivity contribution >= 4 is 39.3 Å². The summed E-state index contributed by atoms with van der Waals surface area (Å²) in [5.41, 5.74) is 8.11. The molecule has 0 aliphatic rings. The highest BCUT2D eigenvalue weighted by atomic mass is 32.1. The van der Waals surface area contributed by atoms with Gasteiger partial charge in [-0.2, -0.15) is 5.26 Å². The minimum Gasteiger partial charge on any atom is -0.388 e. The van der Waals surface area contributed by atoms with E-state index in [0.29, 0.717) is 16.4 Å². The fraction of sp³-hybridized carbons (Fsp3) is 0. The van der Waals surface area contributed by atoms with Crippen LogP contribution in [0, 0.1) is 11.3 Å². The number of pyridine rings is 2. The molecule has 4 aromatic rings. The normalized spacial score (nSPS) is 10.0. The van der Waals surface area contributed by atoms with E-state index in [4.69, 9.17) is 23.2 Å². The molecule has 4 heterocycles. The lowest BCUT2D eigenvalue weighted by Crippen LogP contribution is -2.11. The number of nitriles is 1. The Labute approximate surface area is 137 Å². The summed E-state index contributed by atoms with van der Waals surface area (Å²) in [4.78, 5) is 14.5. The third-order valence-electron chi connectivity index (χ3n) is 3.19. The fourth-order valence-electron chi connectivity index (χ4n) is 2.06. The summed E-state index contributed by atoms with van der Waals surface area (Å²) in [5.74, 6) is 0. The molecule has 0 unspecified atom stereocenters. The van der Waals surface area contributed by atoms with Crippen molar-refractivity contribution in [2.24, 2.45) is 5.73 Å². The lowest BCUT2D eigenvalue weighted by Gasteiger charge is -1.95. The predicted molar refractivity (Wildman–Crippen MR) is 92.8 cm³/mol. The molecule has 0 amide bonds. The van der Waals surface area contributed by atoms with Gasteiger partial charge >= 0.3 is 0 Å². The van der Waals surface area contributed by atoms with E-state index in [1.807, 2.05) is 42.6 Å². The Balaban J connectivity index is 0.000000136. The van der Waals surface area contributed by atoms with Crippen LogP contribution in [-0.2, 0) is 0 Å². The Morgan fingerprint density at radius 1 is 0.957 bits per heavy atom. The quantitative estimate of drug-likeness (QED) is 0.467. The van der Waals surface area contributed by atoms with Gasteiger partial charge in [0, 0.05) is 23.2 Å². The smallest absolute Gasteiger partial charge is 0.142 e.